The highest BCUT2D eigenvalue weighted by Gasteiger charge is 2.26. The van der Waals surface area contributed by atoms with E-state index in [0.29, 0.717) is 18.0 Å². The van der Waals surface area contributed by atoms with E-state index in [1.165, 1.54) is 4.68 Å². The summed E-state index contributed by atoms with van der Waals surface area (Å²) in [6, 6.07) is 0. The number of nitrogens with zero attached hydrogens (tertiary/aromatic N) is 2. The zero-order valence-corrected chi connectivity index (χ0v) is 7.91. The standard InChI is InChI=1S/C9H14FN3O/c10-8-7(5-6-1-2-6)12-13(3-4-14)9(8)11/h6,14H,1-5,11H2. The topological polar surface area (TPSA) is 64.1 Å². The molecule has 1 heterocycles. The van der Waals surface area contributed by atoms with Crippen LogP contribution in [0.5, 0.6) is 0 Å². The maximum absolute atomic E-state index is 13.4. The first-order valence-electron chi connectivity index (χ1n) is 4.84. The van der Waals surface area contributed by atoms with Gasteiger partial charge in [-0.15, -0.1) is 0 Å². The molecule has 1 aromatic rings. The highest BCUT2D eigenvalue weighted by molar-refractivity contribution is 5.34. The molecule has 1 fully saturated rings. The van der Waals surface area contributed by atoms with Gasteiger partial charge in [0.25, 0.3) is 0 Å². The summed E-state index contributed by atoms with van der Waals surface area (Å²) in [5.41, 5.74) is 5.94. The Hall–Kier alpha value is -1.10. The number of nitrogens with two attached hydrogens (primary N) is 1. The van der Waals surface area contributed by atoms with Gasteiger partial charge in [0.05, 0.1) is 13.2 Å². The first-order chi connectivity index (χ1) is 6.72. The van der Waals surface area contributed by atoms with Gasteiger partial charge in [0.1, 0.15) is 5.69 Å². The van der Waals surface area contributed by atoms with Gasteiger partial charge >= 0.3 is 0 Å². The van der Waals surface area contributed by atoms with Crippen molar-refractivity contribution >= 4 is 5.82 Å². The average Bonchev–Trinajstić information content (AvgIpc) is 2.93. The molecule has 0 unspecified atom stereocenters. The first-order valence-corrected chi connectivity index (χ1v) is 4.84. The van der Waals surface area contributed by atoms with Crippen LogP contribution in [0.3, 0.4) is 0 Å². The monoisotopic (exact) mass is 199 g/mol. The lowest BCUT2D eigenvalue weighted by Gasteiger charge is -1.98. The third-order valence-electron chi connectivity index (χ3n) is 2.49. The van der Waals surface area contributed by atoms with Gasteiger partial charge in [-0.05, 0) is 25.2 Å². The van der Waals surface area contributed by atoms with Gasteiger partial charge < -0.3 is 10.8 Å². The minimum atomic E-state index is -0.412. The number of hydrogen-bond donors (Lipinski definition) is 2. The smallest absolute Gasteiger partial charge is 0.188 e. The summed E-state index contributed by atoms with van der Waals surface area (Å²) in [6.45, 7) is 0.182. The lowest BCUT2D eigenvalue weighted by Crippen LogP contribution is -2.08. The molecule has 0 bridgehead atoms. The van der Waals surface area contributed by atoms with Gasteiger partial charge in [-0.25, -0.2) is 9.07 Å². The minimum Gasteiger partial charge on any atom is -0.394 e. The van der Waals surface area contributed by atoms with E-state index in [-0.39, 0.29) is 19.0 Å². The van der Waals surface area contributed by atoms with E-state index in [0.717, 1.165) is 12.8 Å². The van der Waals surface area contributed by atoms with Crippen LogP contribution in [0.2, 0.25) is 0 Å². The van der Waals surface area contributed by atoms with E-state index in [9.17, 15) is 4.39 Å². The Labute approximate surface area is 81.5 Å². The van der Waals surface area contributed by atoms with Gasteiger partial charge in [0.2, 0.25) is 0 Å². The highest BCUT2D eigenvalue weighted by atomic mass is 19.1. The number of rotatable bonds is 4. The fraction of sp³-hybridized carbons (Fsp3) is 0.667. The van der Waals surface area contributed by atoms with Crippen molar-refractivity contribution in [2.75, 3.05) is 12.3 Å². The van der Waals surface area contributed by atoms with Crippen LogP contribution < -0.4 is 5.73 Å². The molecule has 14 heavy (non-hydrogen) atoms. The zero-order chi connectivity index (χ0) is 10.1. The minimum absolute atomic E-state index is 0.0368. The van der Waals surface area contributed by atoms with E-state index in [2.05, 4.69) is 5.10 Å². The maximum atomic E-state index is 13.4. The molecule has 1 aliphatic rings. The van der Waals surface area contributed by atoms with Crippen molar-refractivity contribution in [2.45, 2.75) is 25.8 Å². The number of halogens is 1. The third kappa shape index (κ3) is 1.72. The predicted octanol–water partition coefficient (Wildman–Crippen LogP) is 0.549. The summed E-state index contributed by atoms with van der Waals surface area (Å²) < 4.78 is 14.8. The molecule has 0 spiro atoms. The zero-order valence-electron chi connectivity index (χ0n) is 7.91. The van der Waals surface area contributed by atoms with E-state index in [1.54, 1.807) is 0 Å². The molecule has 0 atom stereocenters. The lowest BCUT2D eigenvalue weighted by molar-refractivity contribution is 0.270. The quantitative estimate of drug-likeness (QED) is 0.744. The number of aliphatic hydroxyl groups is 1. The molecule has 0 aliphatic heterocycles. The summed E-state index contributed by atoms with van der Waals surface area (Å²) >= 11 is 0. The molecule has 0 aromatic carbocycles. The van der Waals surface area contributed by atoms with Crippen molar-refractivity contribution in [3.05, 3.63) is 11.5 Å². The van der Waals surface area contributed by atoms with Crippen molar-refractivity contribution in [2.24, 2.45) is 5.92 Å². The summed E-state index contributed by atoms with van der Waals surface area (Å²) in [5.74, 6) is 0.210. The molecule has 4 nitrogen and oxygen atoms in total. The molecule has 1 aliphatic carbocycles. The summed E-state index contributed by atoms with van der Waals surface area (Å²) in [5, 5.41) is 12.7. The molecule has 0 saturated heterocycles. The first kappa shape index (κ1) is 9.45. The molecule has 3 N–H and O–H groups in total. The van der Waals surface area contributed by atoms with Crippen LogP contribution in [0, 0.1) is 11.7 Å². The molecule has 78 valence electrons. The number of anilines is 1. The van der Waals surface area contributed by atoms with Gasteiger partial charge in [0, 0.05) is 0 Å². The van der Waals surface area contributed by atoms with Gasteiger partial charge in [0.15, 0.2) is 11.6 Å². The fourth-order valence-electron chi connectivity index (χ4n) is 1.50. The third-order valence-corrected chi connectivity index (χ3v) is 2.49. The van der Waals surface area contributed by atoms with E-state index in [4.69, 9.17) is 10.8 Å². The predicted molar refractivity (Wildman–Crippen MR) is 50.1 cm³/mol. The number of aromatic nitrogens is 2. The summed E-state index contributed by atoms with van der Waals surface area (Å²) in [4.78, 5) is 0. The van der Waals surface area contributed by atoms with Crippen LogP contribution >= 0.6 is 0 Å². The molecular weight excluding hydrogens is 185 g/mol. The Kier molecular flexibility index (Phi) is 2.41. The SMILES string of the molecule is Nc1c(F)c(CC2CC2)nn1CCO. The molecule has 0 radical (unpaired) electrons. The van der Waals surface area contributed by atoms with Crippen molar-refractivity contribution in [3.8, 4) is 0 Å². The maximum Gasteiger partial charge on any atom is 0.188 e. The van der Waals surface area contributed by atoms with Crippen LogP contribution in [0.15, 0.2) is 0 Å². The van der Waals surface area contributed by atoms with E-state index < -0.39 is 5.82 Å². The Morgan fingerprint density at radius 3 is 2.86 bits per heavy atom. The van der Waals surface area contributed by atoms with Crippen LogP contribution in [0.25, 0.3) is 0 Å². The second-order valence-electron chi connectivity index (χ2n) is 3.74. The molecular formula is C9H14FN3O. The van der Waals surface area contributed by atoms with Crippen molar-refractivity contribution in [1.29, 1.82) is 0 Å². The van der Waals surface area contributed by atoms with Crippen molar-refractivity contribution in [1.82, 2.24) is 9.78 Å². The molecule has 1 aromatic heterocycles. The Morgan fingerprint density at radius 2 is 2.29 bits per heavy atom. The van der Waals surface area contributed by atoms with E-state index >= 15 is 0 Å². The normalized spacial score (nSPS) is 16.1. The van der Waals surface area contributed by atoms with E-state index in [1.807, 2.05) is 0 Å². The largest absolute Gasteiger partial charge is 0.394 e. The highest BCUT2D eigenvalue weighted by Crippen LogP contribution is 2.33. The van der Waals surface area contributed by atoms with Crippen LogP contribution in [0.1, 0.15) is 18.5 Å². The molecule has 0 amide bonds. The molecule has 2 rings (SSSR count). The fourth-order valence-corrected chi connectivity index (χ4v) is 1.50. The van der Waals surface area contributed by atoms with Crippen molar-refractivity contribution in [3.63, 3.8) is 0 Å². The molecule has 5 heteroatoms. The Morgan fingerprint density at radius 1 is 1.57 bits per heavy atom. The van der Waals surface area contributed by atoms with Crippen LogP contribution in [-0.4, -0.2) is 21.5 Å². The second kappa shape index (κ2) is 3.57. The van der Waals surface area contributed by atoms with Crippen LogP contribution in [-0.2, 0) is 13.0 Å². The average molecular weight is 199 g/mol. The van der Waals surface area contributed by atoms with Crippen molar-refractivity contribution < 1.29 is 9.50 Å². The van der Waals surface area contributed by atoms with Crippen LogP contribution in [0.4, 0.5) is 10.2 Å². The summed E-state index contributed by atoms with van der Waals surface area (Å²) in [7, 11) is 0. The Balaban J connectivity index is 2.17. The molecule has 1 saturated carbocycles. The lowest BCUT2D eigenvalue weighted by atomic mass is 10.2. The number of aliphatic hydroxyl groups excluding tert-OH is 1. The van der Waals surface area contributed by atoms with Gasteiger partial charge in [-0.2, -0.15) is 5.10 Å². The summed E-state index contributed by atoms with van der Waals surface area (Å²) in [6.07, 6.45) is 2.99. The number of hydrogen-bond acceptors (Lipinski definition) is 3. The van der Waals surface area contributed by atoms with Gasteiger partial charge in [-0.3, -0.25) is 0 Å². The number of nitrogen functional groups attached to an aromatic ring is 1. The Bertz CT molecular complexity index is 333. The van der Waals surface area contributed by atoms with Gasteiger partial charge in [-0.1, -0.05) is 0 Å². The second-order valence-corrected chi connectivity index (χ2v) is 3.74.